The van der Waals surface area contributed by atoms with Gasteiger partial charge in [-0.25, -0.2) is 4.99 Å². The molecular weight excluding hydrogens is 371 g/mol. The van der Waals surface area contributed by atoms with Crippen molar-refractivity contribution in [1.82, 2.24) is 25.4 Å². The van der Waals surface area contributed by atoms with Crippen molar-refractivity contribution in [1.29, 1.82) is 0 Å². The van der Waals surface area contributed by atoms with Crippen LogP contribution in [0.1, 0.15) is 25.5 Å². The maximum absolute atomic E-state index is 5.01. The molecule has 2 N–H and O–H groups in total. The van der Waals surface area contributed by atoms with Crippen LogP contribution in [0.4, 0.5) is 0 Å². The summed E-state index contributed by atoms with van der Waals surface area (Å²) in [6.45, 7) is 7.91. The summed E-state index contributed by atoms with van der Waals surface area (Å²) in [5.74, 6) is 2.48. The molecule has 0 unspecified atom stereocenters. The van der Waals surface area contributed by atoms with Crippen LogP contribution in [0.3, 0.4) is 0 Å². The zero-order chi connectivity index (χ0) is 14.3. The van der Waals surface area contributed by atoms with Gasteiger partial charge in [0.1, 0.15) is 12.4 Å². The molecular formula is C12H25IN6O. The number of guanidine groups is 1. The number of hydrogen-bond acceptors (Lipinski definition) is 4. The minimum absolute atomic E-state index is 0. The molecule has 0 saturated heterocycles. The molecule has 1 rings (SSSR count). The number of nitrogens with zero attached hydrogens (tertiary/aromatic N) is 4. The average Bonchev–Trinajstić information content (AvgIpc) is 2.67. The van der Waals surface area contributed by atoms with Gasteiger partial charge in [0.05, 0.1) is 6.61 Å². The molecule has 0 atom stereocenters. The van der Waals surface area contributed by atoms with Crippen molar-refractivity contribution in [3.63, 3.8) is 0 Å². The zero-order valence-corrected chi connectivity index (χ0v) is 15.1. The van der Waals surface area contributed by atoms with E-state index < -0.39 is 0 Å². The summed E-state index contributed by atoms with van der Waals surface area (Å²) in [5, 5.41) is 14.6. The van der Waals surface area contributed by atoms with Crippen molar-refractivity contribution in [2.75, 3.05) is 20.3 Å². The molecule has 0 radical (unpaired) electrons. The number of halogens is 1. The highest BCUT2D eigenvalue weighted by Crippen LogP contribution is 1.99. The highest BCUT2D eigenvalue weighted by molar-refractivity contribution is 14.0. The lowest BCUT2D eigenvalue weighted by Gasteiger charge is -2.14. The van der Waals surface area contributed by atoms with Crippen molar-refractivity contribution >= 4 is 29.9 Å². The number of hydrogen-bond donors (Lipinski definition) is 2. The number of aryl methyl sites for hydroxylation is 1. The summed E-state index contributed by atoms with van der Waals surface area (Å²) in [7, 11) is 3.62. The van der Waals surface area contributed by atoms with E-state index in [1.807, 2.05) is 18.5 Å². The predicted octanol–water partition coefficient (Wildman–Crippen LogP) is 0.832. The normalized spacial score (nSPS) is 11.4. The second-order valence-corrected chi connectivity index (χ2v) is 4.61. The number of methoxy groups -OCH3 is 1. The second kappa shape index (κ2) is 9.92. The van der Waals surface area contributed by atoms with E-state index in [0.717, 1.165) is 17.6 Å². The summed E-state index contributed by atoms with van der Waals surface area (Å²) in [6.07, 6.45) is 0. The lowest BCUT2D eigenvalue weighted by Crippen LogP contribution is -2.42. The maximum Gasteiger partial charge on any atom is 0.191 e. The van der Waals surface area contributed by atoms with Crippen LogP contribution in [0.5, 0.6) is 0 Å². The maximum atomic E-state index is 5.01. The molecule has 1 aromatic rings. The van der Waals surface area contributed by atoms with Crippen LogP contribution in [0.25, 0.3) is 0 Å². The van der Waals surface area contributed by atoms with Crippen LogP contribution in [-0.4, -0.2) is 47.0 Å². The number of aromatic nitrogens is 3. The first-order valence-electron chi connectivity index (χ1n) is 6.43. The van der Waals surface area contributed by atoms with Crippen LogP contribution in [0.2, 0.25) is 0 Å². The number of aliphatic imine (C=N–C) groups is 1. The lowest BCUT2D eigenvalue weighted by molar-refractivity contribution is 0.203. The van der Waals surface area contributed by atoms with Gasteiger partial charge in [0.2, 0.25) is 0 Å². The zero-order valence-electron chi connectivity index (χ0n) is 12.8. The molecule has 8 heteroatoms. The minimum Gasteiger partial charge on any atom is -0.383 e. The van der Waals surface area contributed by atoms with E-state index in [1.54, 1.807) is 7.11 Å². The Morgan fingerprint density at radius 1 is 1.40 bits per heavy atom. The quantitative estimate of drug-likeness (QED) is 0.323. The molecule has 0 aromatic carbocycles. The van der Waals surface area contributed by atoms with Gasteiger partial charge in [-0.2, -0.15) is 0 Å². The van der Waals surface area contributed by atoms with E-state index in [0.29, 0.717) is 25.7 Å². The third-order valence-corrected chi connectivity index (χ3v) is 2.59. The molecule has 1 heterocycles. The first-order valence-corrected chi connectivity index (χ1v) is 6.43. The fourth-order valence-electron chi connectivity index (χ4n) is 1.44. The standard InChI is InChI=1S/C12H24N6O.HI/c1-9(2)15-12(13-6-7-19-5)14-8-11-17-16-10(3)18(11)4;/h9H,6-8H2,1-5H3,(H2,13,14,15);1H. The summed E-state index contributed by atoms with van der Waals surface area (Å²) >= 11 is 0. The molecule has 1 aromatic heterocycles. The highest BCUT2D eigenvalue weighted by Gasteiger charge is 2.05. The van der Waals surface area contributed by atoms with Crippen molar-refractivity contribution in [2.24, 2.45) is 12.0 Å². The third kappa shape index (κ3) is 6.51. The molecule has 0 aliphatic carbocycles. The molecule has 0 saturated carbocycles. The molecule has 7 nitrogen and oxygen atoms in total. The number of nitrogens with one attached hydrogen (secondary N) is 2. The van der Waals surface area contributed by atoms with Gasteiger partial charge in [-0.3, -0.25) is 0 Å². The summed E-state index contributed by atoms with van der Waals surface area (Å²) in [5.41, 5.74) is 0. The summed E-state index contributed by atoms with van der Waals surface area (Å²) in [6, 6.07) is 0.315. The van der Waals surface area contributed by atoms with Gasteiger partial charge < -0.3 is 19.9 Å². The molecule has 0 aliphatic heterocycles. The van der Waals surface area contributed by atoms with E-state index in [9.17, 15) is 0 Å². The van der Waals surface area contributed by atoms with Gasteiger partial charge in [0.15, 0.2) is 11.8 Å². The van der Waals surface area contributed by atoms with Crippen LogP contribution in [0.15, 0.2) is 4.99 Å². The fraction of sp³-hybridized carbons (Fsp3) is 0.750. The van der Waals surface area contributed by atoms with Crippen molar-refractivity contribution < 1.29 is 4.74 Å². The Morgan fingerprint density at radius 2 is 2.10 bits per heavy atom. The first kappa shape index (κ1) is 19.1. The highest BCUT2D eigenvalue weighted by atomic mass is 127. The van der Waals surface area contributed by atoms with E-state index in [4.69, 9.17) is 4.74 Å². The van der Waals surface area contributed by atoms with Crippen molar-refractivity contribution in [3.8, 4) is 0 Å². The van der Waals surface area contributed by atoms with Gasteiger partial charge in [0.25, 0.3) is 0 Å². The largest absolute Gasteiger partial charge is 0.383 e. The van der Waals surface area contributed by atoms with Crippen molar-refractivity contribution in [2.45, 2.75) is 33.4 Å². The molecule has 0 amide bonds. The van der Waals surface area contributed by atoms with E-state index in [2.05, 4.69) is 39.7 Å². The molecule has 116 valence electrons. The Kier molecular flexibility index (Phi) is 9.47. The van der Waals surface area contributed by atoms with Crippen LogP contribution in [-0.2, 0) is 18.3 Å². The summed E-state index contributed by atoms with van der Waals surface area (Å²) in [4.78, 5) is 4.50. The van der Waals surface area contributed by atoms with E-state index >= 15 is 0 Å². The molecule has 0 aliphatic rings. The van der Waals surface area contributed by atoms with Gasteiger partial charge in [-0.1, -0.05) is 0 Å². The third-order valence-electron chi connectivity index (χ3n) is 2.59. The monoisotopic (exact) mass is 396 g/mol. The minimum atomic E-state index is 0. The number of ether oxygens (including phenoxy) is 1. The van der Waals surface area contributed by atoms with Gasteiger partial charge in [-0.05, 0) is 20.8 Å². The van der Waals surface area contributed by atoms with Gasteiger partial charge in [-0.15, -0.1) is 34.2 Å². The summed E-state index contributed by atoms with van der Waals surface area (Å²) < 4.78 is 6.95. The molecule has 0 bridgehead atoms. The van der Waals surface area contributed by atoms with Crippen LogP contribution >= 0.6 is 24.0 Å². The Hall–Kier alpha value is -0.900. The average molecular weight is 396 g/mol. The van der Waals surface area contributed by atoms with Gasteiger partial charge in [0, 0.05) is 26.7 Å². The predicted molar refractivity (Wildman–Crippen MR) is 90.4 cm³/mol. The van der Waals surface area contributed by atoms with Crippen LogP contribution < -0.4 is 10.6 Å². The van der Waals surface area contributed by atoms with Crippen LogP contribution in [0, 0.1) is 6.92 Å². The molecule has 0 fully saturated rings. The SMILES string of the molecule is COCCNC(=NCc1nnc(C)n1C)NC(C)C.I. The smallest absolute Gasteiger partial charge is 0.191 e. The molecule has 0 spiro atoms. The Labute approximate surface area is 137 Å². The lowest BCUT2D eigenvalue weighted by atomic mass is 10.4. The van der Waals surface area contributed by atoms with Crippen molar-refractivity contribution in [3.05, 3.63) is 11.6 Å². The van der Waals surface area contributed by atoms with Gasteiger partial charge >= 0.3 is 0 Å². The molecule has 20 heavy (non-hydrogen) atoms. The Bertz CT molecular complexity index is 418. The Morgan fingerprint density at radius 3 is 2.60 bits per heavy atom. The van der Waals surface area contributed by atoms with E-state index in [-0.39, 0.29) is 24.0 Å². The second-order valence-electron chi connectivity index (χ2n) is 4.61. The fourth-order valence-corrected chi connectivity index (χ4v) is 1.44. The number of rotatable bonds is 6. The van der Waals surface area contributed by atoms with E-state index in [1.165, 1.54) is 0 Å². The topological polar surface area (TPSA) is 76.4 Å². The first-order chi connectivity index (χ1) is 9.04. The Balaban J connectivity index is 0.00000361.